The van der Waals surface area contributed by atoms with Crippen LogP contribution < -0.4 is 4.74 Å². The lowest BCUT2D eigenvalue weighted by Crippen LogP contribution is -2.06. The molecule has 0 saturated carbocycles. The van der Waals surface area contributed by atoms with E-state index in [-0.39, 0.29) is 11.8 Å². The highest BCUT2D eigenvalue weighted by molar-refractivity contribution is 5.95. The highest BCUT2D eigenvalue weighted by Crippen LogP contribution is 2.20. The van der Waals surface area contributed by atoms with Crippen LogP contribution in [-0.4, -0.2) is 18.4 Å². The number of rotatable bonds is 7. The first kappa shape index (κ1) is 17.7. The summed E-state index contributed by atoms with van der Waals surface area (Å²) in [5, 5.41) is 0. The highest BCUT2D eigenvalue weighted by Gasteiger charge is 2.09. The highest BCUT2D eigenvalue weighted by atomic mass is 16.5. The van der Waals surface area contributed by atoms with Gasteiger partial charge in [-0.3, -0.25) is 4.79 Å². The first-order chi connectivity index (χ1) is 11.5. The molecule has 0 unspecified atom stereocenters. The summed E-state index contributed by atoms with van der Waals surface area (Å²) in [5.41, 5.74) is 3.10. The maximum absolute atomic E-state index is 11.8. The lowest BCUT2D eigenvalue weighted by atomic mass is 10.0. The summed E-state index contributed by atoms with van der Waals surface area (Å²) in [6.07, 6.45) is 0.768. The first-order valence-corrected chi connectivity index (χ1v) is 8.07. The van der Waals surface area contributed by atoms with E-state index in [9.17, 15) is 9.59 Å². The molecule has 4 nitrogen and oxygen atoms in total. The van der Waals surface area contributed by atoms with E-state index < -0.39 is 0 Å². The minimum atomic E-state index is -0.335. The molecular weight excluding hydrogens is 304 g/mol. The largest absolute Gasteiger partial charge is 0.489 e. The van der Waals surface area contributed by atoms with E-state index in [1.54, 1.807) is 44.2 Å². The third-order valence-electron chi connectivity index (χ3n) is 3.68. The molecule has 0 saturated heterocycles. The van der Waals surface area contributed by atoms with Gasteiger partial charge in [0.2, 0.25) is 0 Å². The van der Waals surface area contributed by atoms with Gasteiger partial charge in [-0.25, -0.2) is 4.79 Å². The number of benzene rings is 2. The van der Waals surface area contributed by atoms with Gasteiger partial charge < -0.3 is 9.47 Å². The Morgan fingerprint density at radius 2 is 1.83 bits per heavy atom. The summed E-state index contributed by atoms with van der Waals surface area (Å²) in [5.74, 6) is 0.428. The van der Waals surface area contributed by atoms with Crippen molar-refractivity contribution in [2.24, 2.45) is 0 Å². The number of esters is 1. The van der Waals surface area contributed by atoms with Gasteiger partial charge in [0, 0.05) is 5.56 Å². The van der Waals surface area contributed by atoms with Crippen molar-refractivity contribution in [1.29, 1.82) is 0 Å². The van der Waals surface area contributed by atoms with Crippen molar-refractivity contribution in [2.45, 2.75) is 33.8 Å². The Kier molecular flexibility index (Phi) is 6.13. The van der Waals surface area contributed by atoms with E-state index >= 15 is 0 Å². The predicted octanol–water partition coefficient (Wildman–Crippen LogP) is 4.21. The van der Waals surface area contributed by atoms with Gasteiger partial charge in [-0.05, 0) is 61.7 Å². The molecule has 2 rings (SSSR count). The molecule has 0 amide bonds. The second kappa shape index (κ2) is 8.29. The number of ether oxygens (including phenoxy) is 2. The second-order valence-electron chi connectivity index (χ2n) is 5.44. The molecule has 0 aliphatic rings. The van der Waals surface area contributed by atoms with Crippen molar-refractivity contribution in [1.82, 2.24) is 0 Å². The topological polar surface area (TPSA) is 52.6 Å². The Morgan fingerprint density at radius 3 is 2.50 bits per heavy atom. The Balaban J connectivity index is 2.09. The molecule has 0 N–H and O–H groups in total. The Hall–Kier alpha value is -2.62. The van der Waals surface area contributed by atoms with Gasteiger partial charge in [-0.15, -0.1) is 0 Å². The number of ketones is 1. The molecule has 0 aliphatic heterocycles. The average molecular weight is 326 g/mol. The zero-order valence-electron chi connectivity index (χ0n) is 14.3. The van der Waals surface area contributed by atoms with Crippen LogP contribution in [-0.2, 0) is 17.8 Å². The van der Waals surface area contributed by atoms with E-state index in [0.29, 0.717) is 24.5 Å². The molecule has 0 radical (unpaired) electrons. The molecule has 0 aliphatic carbocycles. The Morgan fingerprint density at radius 1 is 1.04 bits per heavy atom. The minimum Gasteiger partial charge on any atom is -0.489 e. The maximum atomic E-state index is 11.8. The van der Waals surface area contributed by atoms with Crippen molar-refractivity contribution < 1.29 is 19.1 Å². The van der Waals surface area contributed by atoms with Crippen LogP contribution in [0.3, 0.4) is 0 Å². The summed E-state index contributed by atoms with van der Waals surface area (Å²) in [7, 11) is 0. The van der Waals surface area contributed by atoms with E-state index in [2.05, 4.69) is 0 Å². The summed E-state index contributed by atoms with van der Waals surface area (Å²) < 4.78 is 10.8. The van der Waals surface area contributed by atoms with E-state index in [1.165, 1.54) is 0 Å². The number of carbonyl (C=O) groups is 2. The fraction of sp³-hybridized carbons (Fsp3) is 0.300. The summed E-state index contributed by atoms with van der Waals surface area (Å²) >= 11 is 0. The number of aryl methyl sites for hydroxylation is 1. The van der Waals surface area contributed by atoms with Gasteiger partial charge in [0.25, 0.3) is 0 Å². The smallest absolute Gasteiger partial charge is 0.338 e. The van der Waals surface area contributed by atoms with Crippen molar-refractivity contribution in [3.63, 3.8) is 0 Å². The zero-order chi connectivity index (χ0) is 17.5. The van der Waals surface area contributed by atoms with Crippen LogP contribution in [0.4, 0.5) is 0 Å². The van der Waals surface area contributed by atoms with E-state index in [0.717, 1.165) is 23.1 Å². The van der Waals surface area contributed by atoms with Crippen molar-refractivity contribution in [2.75, 3.05) is 6.61 Å². The molecule has 0 atom stereocenters. The quantitative estimate of drug-likeness (QED) is 0.565. The summed E-state index contributed by atoms with van der Waals surface area (Å²) in [4.78, 5) is 23.3. The first-order valence-electron chi connectivity index (χ1n) is 8.07. The molecule has 2 aromatic carbocycles. The third kappa shape index (κ3) is 4.44. The molecule has 2 aromatic rings. The van der Waals surface area contributed by atoms with Crippen LogP contribution in [0, 0.1) is 0 Å². The third-order valence-corrected chi connectivity index (χ3v) is 3.68. The van der Waals surface area contributed by atoms with Crippen LogP contribution >= 0.6 is 0 Å². The van der Waals surface area contributed by atoms with Gasteiger partial charge in [0.1, 0.15) is 12.4 Å². The lowest BCUT2D eigenvalue weighted by molar-refractivity contribution is 0.0526. The second-order valence-corrected chi connectivity index (χ2v) is 5.44. The summed E-state index contributed by atoms with van der Waals surface area (Å²) in [6, 6.07) is 12.7. The summed E-state index contributed by atoms with van der Waals surface area (Å²) in [6.45, 7) is 6.04. The van der Waals surface area contributed by atoms with Crippen molar-refractivity contribution >= 4 is 11.8 Å². The number of hydrogen-bond donors (Lipinski definition) is 0. The van der Waals surface area contributed by atoms with E-state index in [4.69, 9.17) is 9.47 Å². The van der Waals surface area contributed by atoms with Crippen LogP contribution in [0.1, 0.15) is 52.6 Å². The van der Waals surface area contributed by atoms with Crippen LogP contribution in [0.15, 0.2) is 42.5 Å². The zero-order valence-corrected chi connectivity index (χ0v) is 14.3. The predicted molar refractivity (Wildman–Crippen MR) is 92.6 cm³/mol. The maximum Gasteiger partial charge on any atom is 0.338 e. The molecule has 0 bridgehead atoms. The van der Waals surface area contributed by atoms with Crippen LogP contribution in [0.5, 0.6) is 5.75 Å². The normalized spacial score (nSPS) is 10.3. The van der Waals surface area contributed by atoms with Crippen LogP contribution in [0.2, 0.25) is 0 Å². The standard InChI is InChI=1S/C20H22O4/c1-4-16-12-18(9-10-19(16)14(3)21)24-13-15-7-6-8-17(11-15)20(22)23-5-2/h6-12H,4-5,13H2,1-3H3. The molecule has 4 heteroatoms. The molecule has 0 spiro atoms. The number of hydrogen-bond acceptors (Lipinski definition) is 4. The lowest BCUT2D eigenvalue weighted by Gasteiger charge is -2.11. The number of Topliss-reactive ketones (excluding diaryl/α,β-unsaturated/α-hetero) is 1. The fourth-order valence-electron chi connectivity index (χ4n) is 2.47. The molecule has 24 heavy (non-hydrogen) atoms. The van der Waals surface area contributed by atoms with Gasteiger partial charge in [0.05, 0.1) is 12.2 Å². The number of carbonyl (C=O) groups excluding carboxylic acids is 2. The fourth-order valence-corrected chi connectivity index (χ4v) is 2.47. The van der Waals surface area contributed by atoms with Crippen molar-refractivity contribution in [3.8, 4) is 5.75 Å². The van der Waals surface area contributed by atoms with E-state index in [1.807, 2.05) is 19.1 Å². The Labute approximate surface area is 142 Å². The molecular formula is C20H22O4. The molecule has 0 aromatic heterocycles. The van der Waals surface area contributed by atoms with Gasteiger partial charge in [-0.1, -0.05) is 19.1 Å². The Bertz CT molecular complexity index is 734. The van der Waals surface area contributed by atoms with Crippen LogP contribution in [0.25, 0.3) is 0 Å². The average Bonchev–Trinajstić information content (AvgIpc) is 2.60. The molecule has 126 valence electrons. The monoisotopic (exact) mass is 326 g/mol. The van der Waals surface area contributed by atoms with Gasteiger partial charge in [0.15, 0.2) is 5.78 Å². The van der Waals surface area contributed by atoms with Gasteiger partial charge in [-0.2, -0.15) is 0 Å². The minimum absolute atomic E-state index is 0.0561. The molecule has 0 fully saturated rings. The SMILES string of the molecule is CCOC(=O)c1cccc(COc2ccc(C(C)=O)c(CC)c2)c1. The van der Waals surface area contributed by atoms with Gasteiger partial charge >= 0.3 is 5.97 Å². The van der Waals surface area contributed by atoms with Crippen molar-refractivity contribution in [3.05, 3.63) is 64.7 Å². The molecule has 0 heterocycles.